The van der Waals surface area contributed by atoms with Gasteiger partial charge >= 0.3 is 0 Å². The second-order valence-corrected chi connectivity index (χ2v) is 8.72. The number of hydrogen-bond donors (Lipinski definition) is 1. The third-order valence-electron chi connectivity index (χ3n) is 6.06. The molecule has 1 N–H and O–H groups in total. The number of fused-ring (bicyclic) bond motifs is 1. The number of pyridine rings is 1. The van der Waals surface area contributed by atoms with Crippen molar-refractivity contribution in [3.63, 3.8) is 0 Å². The average molecular weight is 346 g/mol. The number of hydrogen-bond acceptors (Lipinski definition) is 2. The summed E-state index contributed by atoms with van der Waals surface area (Å²) in [6.07, 6.45) is 11.8. The van der Waals surface area contributed by atoms with Crippen LogP contribution in [0.15, 0.2) is 16.7 Å². The molecule has 2 aromatic rings. The van der Waals surface area contributed by atoms with E-state index >= 15 is 0 Å². The minimum atomic E-state index is 0.542. The molecule has 4 fully saturated rings. The van der Waals surface area contributed by atoms with Gasteiger partial charge in [-0.05, 0) is 83.7 Å². The summed E-state index contributed by atoms with van der Waals surface area (Å²) < 4.78 is 1.01. The van der Waals surface area contributed by atoms with Crippen LogP contribution in [0.25, 0.3) is 11.2 Å². The van der Waals surface area contributed by atoms with Gasteiger partial charge in [-0.3, -0.25) is 0 Å². The van der Waals surface area contributed by atoms with Gasteiger partial charge in [0.2, 0.25) is 0 Å². The maximum atomic E-state index is 4.74. The molecular weight excluding hydrogens is 326 g/mol. The van der Waals surface area contributed by atoms with Gasteiger partial charge in [-0.1, -0.05) is 0 Å². The zero-order valence-electron chi connectivity index (χ0n) is 12.1. The van der Waals surface area contributed by atoms with Crippen LogP contribution in [0.1, 0.15) is 44.3 Å². The van der Waals surface area contributed by atoms with Crippen LogP contribution in [0.3, 0.4) is 0 Å². The molecule has 2 aromatic heterocycles. The summed E-state index contributed by atoms with van der Waals surface area (Å²) in [5.41, 5.74) is 2.46. The van der Waals surface area contributed by atoms with Gasteiger partial charge in [0, 0.05) is 17.1 Å². The Bertz CT molecular complexity index is 670. The molecule has 0 amide bonds. The molecule has 4 bridgehead atoms. The first-order chi connectivity index (χ1) is 10.2. The lowest BCUT2D eigenvalue weighted by molar-refractivity contribution is -0.0530. The Labute approximate surface area is 133 Å². The van der Waals surface area contributed by atoms with Gasteiger partial charge in [0.15, 0.2) is 5.65 Å². The van der Waals surface area contributed by atoms with E-state index < -0.39 is 0 Å². The quantitative estimate of drug-likeness (QED) is 0.871. The summed E-state index contributed by atoms with van der Waals surface area (Å²) in [6.45, 7) is 0. The van der Waals surface area contributed by atoms with Crippen molar-refractivity contribution < 1.29 is 0 Å². The molecule has 0 spiro atoms. The van der Waals surface area contributed by atoms with E-state index in [0.717, 1.165) is 45.6 Å². The summed E-state index contributed by atoms with van der Waals surface area (Å²) in [4.78, 5) is 12.7. The van der Waals surface area contributed by atoms with Gasteiger partial charge in [-0.15, -0.1) is 0 Å². The Morgan fingerprint density at radius 3 is 2.48 bits per heavy atom. The predicted molar refractivity (Wildman–Crippen MR) is 85.9 cm³/mol. The van der Waals surface area contributed by atoms with E-state index in [1.807, 2.05) is 6.20 Å². The van der Waals surface area contributed by atoms with E-state index in [2.05, 4.69) is 32.0 Å². The number of halogens is 1. The van der Waals surface area contributed by atoms with Gasteiger partial charge in [0.25, 0.3) is 0 Å². The SMILES string of the molecule is Brc1cnc2nc(CC34CC5CC(CC(C5)C3)C4)[nH]c2c1. The predicted octanol–water partition coefficient (Wildman–Crippen LogP) is 4.48. The van der Waals surface area contributed by atoms with Gasteiger partial charge < -0.3 is 4.98 Å². The van der Waals surface area contributed by atoms with Crippen LogP contribution < -0.4 is 0 Å². The molecule has 4 aliphatic carbocycles. The minimum absolute atomic E-state index is 0.542. The number of aromatic nitrogens is 3. The molecule has 2 heterocycles. The molecule has 110 valence electrons. The first kappa shape index (κ1) is 12.6. The highest BCUT2D eigenvalue weighted by Crippen LogP contribution is 2.60. The molecule has 0 unspecified atom stereocenters. The lowest BCUT2D eigenvalue weighted by Gasteiger charge is -2.56. The van der Waals surface area contributed by atoms with Crippen molar-refractivity contribution in [2.45, 2.75) is 44.9 Å². The van der Waals surface area contributed by atoms with Gasteiger partial charge in [0.05, 0.1) is 5.52 Å². The van der Waals surface area contributed by atoms with Crippen LogP contribution in [0.5, 0.6) is 0 Å². The minimum Gasteiger partial charge on any atom is -0.341 e. The fourth-order valence-electron chi connectivity index (χ4n) is 5.87. The van der Waals surface area contributed by atoms with E-state index in [1.54, 1.807) is 0 Å². The second kappa shape index (κ2) is 4.31. The first-order valence-corrected chi connectivity index (χ1v) is 8.97. The number of H-pyrrole nitrogens is 1. The van der Waals surface area contributed by atoms with Crippen molar-refractivity contribution in [1.82, 2.24) is 15.0 Å². The van der Waals surface area contributed by atoms with Crippen LogP contribution in [0.4, 0.5) is 0 Å². The van der Waals surface area contributed by atoms with Crippen LogP contribution in [0, 0.1) is 23.2 Å². The Morgan fingerprint density at radius 2 is 1.81 bits per heavy atom. The van der Waals surface area contributed by atoms with Crippen molar-refractivity contribution in [3.05, 3.63) is 22.6 Å². The van der Waals surface area contributed by atoms with Gasteiger partial charge in [0.1, 0.15) is 5.82 Å². The average Bonchev–Trinajstić information content (AvgIpc) is 2.77. The lowest BCUT2D eigenvalue weighted by Crippen LogP contribution is -2.47. The maximum absolute atomic E-state index is 4.74. The molecule has 21 heavy (non-hydrogen) atoms. The maximum Gasteiger partial charge on any atom is 0.177 e. The van der Waals surface area contributed by atoms with Crippen LogP contribution in [0.2, 0.25) is 0 Å². The van der Waals surface area contributed by atoms with Crippen molar-refractivity contribution >= 4 is 27.1 Å². The normalized spacial score (nSPS) is 37.5. The highest BCUT2D eigenvalue weighted by Gasteiger charge is 2.50. The van der Waals surface area contributed by atoms with E-state index in [0.29, 0.717) is 5.41 Å². The molecule has 0 atom stereocenters. The molecule has 0 saturated heterocycles. The van der Waals surface area contributed by atoms with Crippen molar-refractivity contribution in [3.8, 4) is 0 Å². The Kier molecular flexibility index (Phi) is 2.59. The standard InChI is InChI=1S/C17H20BrN3/c18-13-4-14-16(19-9-13)21-15(20-14)8-17-5-10-1-11(6-17)3-12(2-10)7-17/h4,9-12H,1-3,5-8H2,(H,19,20,21). The molecule has 0 aliphatic heterocycles. The summed E-state index contributed by atoms with van der Waals surface area (Å²) in [7, 11) is 0. The number of nitrogens with one attached hydrogen (secondary N) is 1. The third kappa shape index (κ3) is 2.06. The monoisotopic (exact) mass is 345 g/mol. The van der Waals surface area contributed by atoms with Gasteiger partial charge in [-0.2, -0.15) is 0 Å². The van der Waals surface area contributed by atoms with Crippen LogP contribution in [-0.4, -0.2) is 15.0 Å². The van der Waals surface area contributed by atoms with Gasteiger partial charge in [-0.25, -0.2) is 9.97 Å². The molecule has 0 radical (unpaired) electrons. The molecule has 0 aromatic carbocycles. The Morgan fingerprint density at radius 1 is 1.14 bits per heavy atom. The third-order valence-corrected chi connectivity index (χ3v) is 6.49. The van der Waals surface area contributed by atoms with E-state index in [4.69, 9.17) is 4.98 Å². The summed E-state index contributed by atoms with van der Waals surface area (Å²) in [5.74, 6) is 4.17. The summed E-state index contributed by atoms with van der Waals surface area (Å²) >= 11 is 3.48. The van der Waals surface area contributed by atoms with Crippen LogP contribution >= 0.6 is 15.9 Å². The fourth-order valence-corrected chi connectivity index (χ4v) is 6.20. The number of nitrogens with zero attached hydrogens (tertiary/aromatic N) is 2. The lowest BCUT2D eigenvalue weighted by atomic mass is 9.49. The number of imidazole rings is 1. The second-order valence-electron chi connectivity index (χ2n) is 7.80. The van der Waals surface area contributed by atoms with Crippen LogP contribution in [-0.2, 0) is 6.42 Å². The largest absolute Gasteiger partial charge is 0.341 e. The smallest absolute Gasteiger partial charge is 0.177 e. The Balaban J connectivity index is 1.48. The molecule has 3 nitrogen and oxygen atoms in total. The topological polar surface area (TPSA) is 41.6 Å². The Hall–Kier alpha value is -0.900. The van der Waals surface area contributed by atoms with E-state index in [9.17, 15) is 0 Å². The zero-order valence-corrected chi connectivity index (χ0v) is 13.7. The highest BCUT2D eigenvalue weighted by atomic mass is 79.9. The highest BCUT2D eigenvalue weighted by molar-refractivity contribution is 9.10. The number of aromatic amines is 1. The molecule has 4 saturated carbocycles. The van der Waals surface area contributed by atoms with E-state index in [1.165, 1.54) is 38.5 Å². The number of rotatable bonds is 2. The zero-order chi connectivity index (χ0) is 14.0. The molecule has 6 rings (SSSR count). The molecule has 4 heteroatoms. The fraction of sp³-hybridized carbons (Fsp3) is 0.647. The van der Waals surface area contributed by atoms with Crippen molar-refractivity contribution in [2.75, 3.05) is 0 Å². The summed E-state index contributed by atoms with van der Waals surface area (Å²) in [5, 5.41) is 0. The first-order valence-electron chi connectivity index (χ1n) is 8.18. The van der Waals surface area contributed by atoms with Crippen molar-refractivity contribution in [1.29, 1.82) is 0 Å². The summed E-state index contributed by atoms with van der Waals surface area (Å²) in [6, 6.07) is 2.08. The van der Waals surface area contributed by atoms with E-state index in [-0.39, 0.29) is 0 Å². The molecule has 4 aliphatic rings. The van der Waals surface area contributed by atoms with Crippen molar-refractivity contribution in [2.24, 2.45) is 23.2 Å². The molecular formula is C17H20BrN3.